The molecule has 2 aromatic heterocycles. The third-order valence-electron chi connectivity index (χ3n) is 2.89. The number of thiophene rings is 1. The van der Waals surface area contributed by atoms with E-state index in [1.807, 2.05) is 11.3 Å². The Morgan fingerprint density at radius 1 is 1.31 bits per heavy atom. The van der Waals surface area contributed by atoms with E-state index < -0.39 is 0 Å². The van der Waals surface area contributed by atoms with Crippen LogP contribution in [0.4, 0.5) is 0 Å². The molecule has 0 aliphatic carbocycles. The van der Waals surface area contributed by atoms with Crippen LogP contribution in [-0.2, 0) is 0 Å². The first-order valence-electron chi connectivity index (χ1n) is 5.49. The van der Waals surface area contributed by atoms with Crippen LogP contribution >= 0.6 is 23.1 Å². The predicted molar refractivity (Wildman–Crippen MR) is 75.0 cm³/mol. The summed E-state index contributed by atoms with van der Waals surface area (Å²) < 4.78 is 1.32. The second-order valence-corrected chi connectivity index (χ2v) is 6.46. The molecular weight excluding hydrogens is 234 g/mol. The van der Waals surface area contributed by atoms with Gasteiger partial charge in [0, 0.05) is 9.77 Å². The molecule has 0 fully saturated rings. The van der Waals surface area contributed by atoms with Crippen LogP contribution in [0.2, 0.25) is 0 Å². The van der Waals surface area contributed by atoms with Gasteiger partial charge in [-0.05, 0) is 37.7 Å². The molecule has 0 unspecified atom stereocenters. The summed E-state index contributed by atoms with van der Waals surface area (Å²) in [4.78, 5) is 7.56. The highest BCUT2D eigenvalue weighted by Gasteiger charge is 2.13. The number of aryl methyl sites for hydroxylation is 2. The van der Waals surface area contributed by atoms with Crippen molar-refractivity contribution in [1.82, 2.24) is 4.98 Å². The molecule has 0 spiro atoms. The molecule has 0 atom stereocenters. The molecule has 0 N–H and O–H groups in total. The van der Waals surface area contributed by atoms with Crippen molar-refractivity contribution in [1.29, 1.82) is 0 Å². The largest absolute Gasteiger partial charge is 0.250 e. The highest BCUT2D eigenvalue weighted by molar-refractivity contribution is 7.98. The Hall–Kier alpha value is -0.540. The molecule has 0 aliphatic heterocycles. The predicted octanol–water partition coefficient (Wildman–Crippen LogP) is 4.76. The van der Waals surface area contributed by atoms with Gasteiger partial charge in [0.1, 0.15) is 0 Å². The standard InChI is InChI=1S/C13H17NS2/c1-7(2)12-10(15-5)6-11-13(14-12)8(3)9(4)16-11/h6-7H,1-5H3. The highest BCUT2D eigenvalue weighted by atomic mass is 32.2. The van der Waals surface area contributed by atoms with E-state index in [0.29, 0.717) is 5.92 Å². The molecule has 0 aliphatic rings. The zero-order chi connectivity index (χ0) is 11.9. The maximum atomic E-state index is 4.86. The Kier molecular flexibility index (Phi) is 3.27. The number of nitrogens with zero attached hydrogens (tertiary/aromatic N) is 1. The van der Waals surface area contributed by atoms with Crippen molar-refractivity contribution in [3.63, 3.8) is 0 Å². The van der Waals surface area contributed by atoms with Crippen LogP contribution < -0.4 is 0 Å². The van der Waals surface area contributed by atoms with E-state index in [1.165, 1.54) is 31.2 Å². The molecule has 1 nitrogen and oxygen atoms in total. The van der Waals surface area contributed by atoms with E-state index >= 15 is 0 Å². The van der Waals surface area contributed by atoms with Gasteiger partial charge >= 0.3 is 0 Å². The van der Waals surface area contributed by atoms with Gasteiger partial charge in [0.2, 0.25) is 0 Å². The highest BCUT2D eigenvalue weighted by Crippen LogP contribution is 2.35. The van der Waals surface area contributed by atoms with Crippen LogP contribution in [-0.4, -0.2) is 11.2 Å². The fraction of sp³-hybridized carbons (Fsp3) is 0.462. The van der Waals surface area contributed by atoms with Crippen LogP contribution in [0.25, 0.3) is 10.2 Å². The molecule has 0 saturated carbocycles. The SMILES string of the molecule is CSc1cc2sc(C)c(C)c2nc1C(C)C. The Balaban J connectivity index is 2.75. The molecule has 3 heteroatoms. The Bertz CT molecular complexity index is 526. The summed E-state index contributed by atoms with van der Waals surface area (Å²) in [6.45, 7) is 8.77. The number of rotatable bonds is 2. The van der Waals surface area contributed by atoms with Gasteiger partial charge in [0.15, 0.2) is 0 Å². The number of aromatic nitrogens is 1. The van der Waals surface area contributed by atoms with Gasteiger partial charge in [0.05, 0.1) is 15.9 Å². The maximum Gasteiger partial charge on any atom is 0.0845 e. The van der Waals surface area contributed by atoms with Crippen LogP contribution in [0, 0.1) is 13.8 Å². The van der Waals surface area contributed by atoms with Gasteiger partial charge in [-0.1, -0.05) is 13.8 Å². The van der Waals surface area contributed by atoms with E-state index in [4.69, 9.17) is 4.98 Å². The summed E-state index contributed by atoms with van der Waals surface area (Å²) in [7, 11) is 0. The monoisotopic (exact) mass is 251 g/mol. The fourth-order valence-corrected chi connectivity index (χ4v) is 3.68. The fourth-order valence-electron chi connectivity index (χ4n) is 1.82. The van der Waals surface area contributed by atoms with E-state index in [0.717, 1.165) is 0 Å². The summed E-state index contributed by atoms with van der Waals surface area (Å²) in [6, 6.07) is 2.30. The number of hydrogen-bond donors (Lipinski definition) is 0. The van der Waals surface area contributed by atoms with Gasteiger partial charge in [-0.25, -0.2) is 0 Å². The first kappa shape index (κ1) is 11.9. The number of hydrogen-bond acceptors (Lipinski definition) is 3. The second kappa shape index (κ2) is 4.38. The minimum Gasteiger partial charge on any atom is -0.250 e. The summed E-state index contributed by atoms with van der Waals surface area (Å²) in [6.07, 6.45) is 2.13. The van der Waals surface area contributed by atoms with Gasteiger partial charge in [-0.3, -0.25) is 4.98 Å². The van der Waals surface area contributed by atoms with Crippen LogP contribution in [0.1, 0.15) is 35.9 Å². The van der Waals surface area contributed by atoms with Gasteiger partial charge < -0.3 is 0 Å². The second-order valence-electron chi connectivity index (χ2n) is 4.36. The molecule has 16 heavy (non-hydrogen) atoms. The number of fused-ring (bicyclic) bond motifs is 1. The Labute approximate surface area is 105 Å². The lowest BCUT2D eigenvalue weighted by Gasteiger charge is -2.10. The first-order chi connectivity index (χ1) is 7.54. The average Bonchev–Trinajstić information content (AvgIpc) is 2.53. The van der Waals surface area contributed by atoms with Crippen molar-refractivity contribution in [2.45, 2.75) is 38.5 Å². The third kappa shape index (κ3) is 1.87. The summed E-state index contributed by atoms with van der Waals surface area (Å²) in [5.74, 6) is 0.492. The zero-order valence-electron chi connectivity index (χ0n) is 10.4. The van der Waals surface area contributed by atoms with Crippen molar-refractivity contribution >= 4 is 33.3 Å². The summed E-state index contributed by atoms with van der Waals surface area (Å²) in [5.41, 5.74) is 3.78. The molecule has 2 aromatic rings. The van der Waals surface area contributed by atoms with E-state index in [-0.39, 0.29) is 0 Å². The summed E-state index contributed by atoms with van der Waals surface area (Å²) >= 11 is 3.65. The Morgan fingerprint density at radius 3 is 2.56 bits per heavy atom. The first-order valence-corrected chi connectivity index (χ1v) is 7.53. The number of thioether (sulfide) groups is 1. The molecule has 0 aromatic carbocycles. The average molecular weight is 251 g/mol. The van der Waals surface area contributed by atoms with Crippen LogP contribution in [0.5, 0.6) is 0 Å². The van der Waals surface area contributed by atoms with Crippen molar-refractivity contribution in [3.05, 3.63) is 22.2 Å². The van der Waals surface area contributed by atoms with E-state index in [2.05, 4.69) is 40.0 Å². The van der Waals surface area contributed by atoms with Crippen LogP contribution in [0.3, 0.4) is 0 Å². The molecule has 0 bridgehead atoms. The lowest BCUT2D eigenvalue weighted by molar-refractivity contribution is 0.803. The molecule has 2 heterocycles. The van der Waals surface area contributed by atoms with Gasteiger partial charge in [-0.15, -0.1) is 23.1 Å². The Morgan fingerprint density at radius 2 is 2.00 bits per heavy atom. The maximum absolute atomic E-state index is 4.86. The van der Waals surface area contributed by atoms with Gasteiger partial charge in [-0.2, -0.15) is 0 Å². The van der Waals surface area contributed by atoms with E-state index in [1.54, 1.807) is 11.8 Å². The quantitative estimate of drug-likeness (QED) is 0.714. The molecule has 0 saturated heterocycles. The minimum absolute atomic E-state index is 0.492. The molecule has 2 rings (SSSR count). The summed E-state index contributed by atoms with van der Waals surface area (Å²) in [5, 5.41) is 0. The van der Waals surface area contributed by atoms with Crippen molar-refractivity contribution in [2.75, 3.05) is 6.26 Å². The molecule has 0 amide bonds. The van der Waals surface area contributed by atoms with Crippen molar-refractivity contribution in [2.24, 2.45) is 0 Å². The minimum atomic E-state index is 0.492. The zero-order valence-corrected chi connectivity index (χ0v) is 12.1. The molecule has 0 radical (unpaired) electrons. The topological polar surface area (TPSA) is 12.9 Å². The smallest absolute Gasteiger partial charge is 0.0845 e. The lowest BCUT2D eigenvalue weighted by Crippen LogP contribution is -1.95. The lowest BCUT2D eigenvalue weighted by atomic mass is 10.1. The number of pyridine rings is 1. The van der Waals surface area contributed by atoms with Crippen molar-refractivity contribution < 1.29 is 0 Å². The molecule has 86 valence electrons. The molecular formula is C13H17NS2. The van der Waals surface area contributed by atoms with E-state index in [9.17, 15) is 0 Å². The normalized spacial score (nSPS) is 11.6. The third-order valence-corrected chi connectivity index (χ3v) is 4.80. The van der Waals surface area contributed by atoms with Crippen LogP contribution in [0.15, 0.2) is 11.0 Å². The van der Waals surface area contributed by atoms with Gasteiger partial charge in [0.25, 0.3) is 0 Å². The van der Waals surface area contributed by atoms with Crippen molar-refractivity contribution in [3.8, 4) is 0 Å².